The van der Waals surface area contributed by atoms with E-state index in [2.05, 4.69) is 9.97 Å². The Morgan fingerprint density at radius 2 is 2.34 bits per heavy atom. The molecule has 2 aromatic heterocycles. The Labute approximate surface area is 173 Å². The van der Waals surface area contributed by atoms with Crippen molar-refractivity contribution in [3.8, 4) is 0 Å². The SMILES string of the molecule is Cc1nc(CN(C)C(=O)[C@H]2[C@@H]3C=C[C@@]4(CN(Cc5cccnc5)C(=O)[C@H]24)O3)cs1. The monoisotopic (exact) mass is 410 g/mol. The Kier molecular flexibility index (Phi) is 4.29. The molecule has 3 aliphatic heterocycles. The first-order chi connectivity index (χ1) is 14.0. The molecule has 2 amide bonds. The highest BCUT2D eigenvalue weighted by atomic mass is 32.1. The third kappa shape index (κ3) is 2.98. The minimum atomic E-state index is -0.692. The van der Waals surface area contributed by atoms with Crippen molar-refractivity contribution >= 4 is 23.2 Å². The number of aromatic nitrogens is 2. The number of amides is 2. The Hall–Kier alpha value is -2.58. The van der Waals surface area contributed by atoms with Crippen LogP contribution in [0.25, 0.3) is 0 Å². The Morgan fingerprint density at radius 3 is 3.07 bits per heavy atom. The second-order valence-corrected chi connectivity index (χ2v) is 9.07. The third-order valence-corrected chi connectivity index (χ3v) is 6.82. The molecule has 2 bridgehead atoms. The molecule has 150 valence electrons. The molecule has 8 heteroatoms. The van der Waals surface area contributed by atoms with E-state index in [1.54, 1.807) is 40.6 Å². The van der Waals surface area contributed by atoms with Gasteiger partial charge in [-0.3, -0.25) is 14.6 Å². The van der Waals surface area contributed by atoms with Crippen LogP contribution in [0.3, 0.4) is 0 Å². The van der Waals surface area contributed by atoms with Crippen molar-refractivity contribution in [3.63, 3.8) is 0 Å². The van der Waals surface area contributed by atoms with Crippen LogP contribution >= 0.6 is 11.3 Å². The number of hydrogen-bond donors (Lipinski definition) is 0. The minimum Gasteiger partial charge on any atom is -0.360 e. The summed E-state index contributed by atoms with van der Waals surface area (Å²) in [4.78, 5) is 38.6. The van der Waals surface area contributed by atoms with Crippen molar-refractivity contribution < 1.29 is 14.3 Å². The summed E-state index contributed by atoms with van der Waals surface area (Å²) in [7, 11) is 1.77. The molecule has 0 radical (unpaired) electrons. The molecule has 2 fully saturated rings. The van der Waals surface area contributed by atoms with Crippen molar-refractivity contribution in [2.24, 2.45) is 11.8 Å². The first-order valence-electron chi connectivity index (χ1n) is 9.68. The molecule has 2 aromatic rings. The number of likely N-dealkylation sites (tertiary alicyclic amines) is 1. The zero-order valence-electron chi connectivity index (χ0n) is 16.3. The van der Waals surface area contributed by atoms with Crippen LogP contribution in [0.4, 0.5) is 0 Å². The van der Waals surface area contributed by atoms with Gasteiger partial charge in [-0.1, -0.05) is 18.2 Å². The Balaban J connectivity index is 1.36. The van der Waals surface area contributed by atoms with Crippen molar-refractivity contribution in [3.05, 3.63) is 58.3 Å². The third-order valence-electron chi connectivity index (χ3n) is 6.00. The predicted molar refractivity (Wildman–Crippen MR) is 107 cm³/mol. The molecule has 5 rings (SSSR count). The van der Waals surface area contributed by atoms with Gasteiger partial charge in [-0.15, -0.1) is 11.3 Å². The summed E-state index contributed by atoms with van der Waals surface area (Å²) in [6.07, 6.45) is 7.07. The van der Waals surface area contributed by atoms with Crippen LogP contribution in [0, 0.1) is 18.8 Å². The summed E-state index contributed by atoms with van der Waals surface area (Å²) in [5, 5.41) is 2.94. The topological polar surface area (TPSA) is 75.6 Å². The van der Waals surface area contributed by atoms with E-state index < -0.39 is 17.4 Å². The number of rotatable bonds is 5. The zero-order valence-corrected chi connectivity index (χ0v) is 17.1. The molecule has 0 N–H and O–H groups in total. The van der Waals surface area contributed by atoms with Crippen molar-refractivity contribution in [1.82, 2.24) is 19.8 Å². The van der Waals surface area contributed by atoms with Gasteiger partial charge >= 0.3 is 0 Å². The molecule has 7 nitrogen and oxygen atoms in total. The van der Waals surface area contributed by atoms with Crippen LogP contribution in [0.15, 0.2) is 42.1 Å². The number of hydrogen-bond acceptors (Lipinski definition) is 6. The molecule has 29 heavy (non-hydrogen) atoms. The quantitative estimate of drug-likeness (QED) is 0.703. The molecule has 2 saturated heterocycles. The first kappa shape index (κ1) is 18.4. The zero-order chi connectivity index (χ0) is 20.2. The molecular weight excluding hydrogens is 388 g/mol. The standard InChI is InChI=1S/C21H22N4O3S/c1-13-23-15(11-29-13)10-24(2)19(26)17-16-5-6-21(28-16)12-25(20(27)18(17)21)9-14-4-3-7-22-8-14/h3-8,11,16-18H,9-10,12H2,1-2H3/t16-,17-,18-,21-/m0/s1. The van der Waals surface area contributed by atoms with Gasteiger partial charge in [-0.05, 0) is 18.6 Å². The van der Waals surface area contributed by atoms with E-state index in [1.807, 2.05) is 36.6 Å². The van der Waals surface area contributed by atoms with E-state index in [4.69, 9.17) is 4.74 Å². The summed E-state index contributed by atoms with van der Waals surface area (Å²) in [5.41, 5.74) is 1.14. The summed E-state index contributed by atoms with van der Waals surface area (Å²) < 4.78 is 6.21. The summed E-state index contributed by atoms with van der Waals surface area (Å²) >= 11 is 1.57. The number of carbonyl (C=O) groups is 2. The molecule has 0 unspecified atom stereocenters. The number of aryl methyl sites for hydroxylation is 1. The van der Waals surface area contributed by atoms with Crippen LogP contribution in [0.2, 0.25) is 0 Å². The largest absolute Gasteiger partial charge is 0.360 e. The molecule has 0 aromatic carbocycles. The highest BCUT2D eigenvalue weighted by Crippen LogP contribution is 2.52. The number of pyridine rings is 1. The van der Waals surface area contributed by atoms with Gasteiger partial charge in [0.2, 0.25) is 11.8 Å². The highest BCUT2D eigenvalue weighted by molar-refractivity contribution is 7.09. The van der Waals surface area contributed by atoms with Gasteiger partial charge < -0.3 is 14.5 Å². The first-order valence-corrected chi connectivity index (χ1v) is 10.6. The molecular formula is C21H22N4O3S. The van der Waals surface area contributed by atoms with E-state index >= 15 is 0 Å². The van der Waals surface area contributed by atoms with Crippen LogP contribution in [0.5, 0.6) is 0 Å². The van der Waals surface area contributed by atoms with Crippen molar-refractivity contribution in [2.75, 3.05) is 13.6 Å². The predicted octanol–water partition coefficient (Wildman–Crippen LogP) is 1.79. The fraction of sp³-hybridized carbons (Fsp3) is 0.429. The fourth-order valence-corrected chi connectivity index (χ4v) is 5.37. The summed E-state index contributed by atoms with van der Waals surface area (Å²) in [5.74, 6) is -1.04. The molecule has 1 spiro atoms. The summed E-state index contributed by atoms with van der Waals surface area (Å²) in [6.45, 7) is 3.32. The number of carbonyl (C=O) groups excluding carboxylic acids is 2. The van der Waals surface area contributed by atoms with Crippen LogP contribution in [0.1, 0.15) is 16.3 Å². The Morgan fingerprint density at radius 1 is 1.48 bits per heavy atom. The van der Waals surface area contributed by atoms with E-state index in [1.165, 1.54) is 0 Å². The second kappa shape index (κ2) is 6.74. The minimum absolute atomic E-state index is 0.0167. The van der Waals surface area contributed by atoms with Gasteiger partial charge in [-0.25, -0.2) is 4.98 Å². The van der Waals surface area contributed by atoms with Crippen LogP contribution < -0.4 is 0 Å². The van der Waals surface area contributed by atoms with Gasteiger partial charge in [0.25, 0.3) is 0 Å². The highest BCUT2D eigenvalue weighted by Gasteiger charge is 2.67. The van der Waals surface area contributed by atoms with E-state index in [-0.39, 0.29) is 17.9 Å². The molecule has 4 atom stereocenters. The number of ether oxygens (including phenoxy) is 1. The van der Waals surface area contributed by atoms with Gasteiger partial charge in [0, 0.05) is 31.4 Å². The fourth-order valence-electron chi connectivity index (χ4n) is 4.76. The average Bonchev–Trinajstić information content (AvgIpc) is 3.44. The molecule has 3 aliphatic rings. The van der Waals surface area contributed by atoms with E-state index in [0.717, 1.165) is 16.3 Å². The maximum Gasteiger partial charge on any atom is 0.230 e. The lowest BCUT2D eigenvalue weighted by Gasteiger charge is -2.27. The van der Waals surface area contributed by atoms with Crippen molar-refractivity contribution in [2.45, 2.75) is 31.7 Å². The molecule has 0 aliphatic carbocycles. The lowest BCUT2D eigenvalue weighted by atomic mass is 9.76. The average molecular weight is 410 g/mol. The van der Waals surface area contributed by atoms with Gasteiger partial charge in [0.1, 0.15) is 5.60 Å². The Bertz CT molecular complexity index is 991. The number of fused-ring (bicyclic) bond motifs is 1. The maximum absolute atomic E-state index is 13.3. The van der Waals surface area contributed by atoms with Gasteiger partial charge in [0.15, 0.2) is 0 Å². The van der Waals surface area contributed by atoms with Gasteiger partial charge in [-0.2, -0.15) is 0 Å². The van der Waals surface area contributed by atoms with E-state index in [0.29, 0.717) is 19.6 Å². The van der Waals surface area contributed by atoms with Gasteiger partial charge in [0.05, 0.1) is 41.7 Å². The lowest BCUT2D eigenvalue weighted by Crippen LogP contribution is -2.44. The normalized spacial score (nSPS) is 29.5. The number of nitrogens with zero attached hydrogens (tertiary/aromatic N) is 4. The summed E-state index contributed by atoms with van der Waals surface area (Å²) in [6, 6.07) is 3.81. The maximum atomic E-state index is 13.3. The molecule has 0 saturated carbocycles. The molecule has 5 heterocycles. The van der Waals surface area contributed by atoms with Crippen molar-refractivity contribution in [1.29, 1.82) is 0 Å². The van der Waals surface area contributed by atoms with Crippen LogP contribution in [-0.4, -0.2) is 56.9 Å². The smallest absolute Gasteiger partial charge is 0.230 e. The second-order valence-electron chi connectivity index (χ2n) is 8.01. The lowest BCUT2D eigenvalue weighted by molar-refractivity contribution is -0.142. The van der Waals surface area contributed by atoms with E-state index in [9.17, 15) is 9.59 Å². The number of thiazole rings is 1. The van der Waals surface area contributed by atoms with Crippen LogP contribution in [-0.2, 0) is 27.4 Å².